The lowest BCUT2D eigenvalue weighted by Crippen LogP contribution is -2.44. The van der Waals surface area contributed by atoms with Crippen LogP contribution in [0.15, 0.2) is 109 Å². The van der Waals surface area contributed by atoms with Crippen LogP contribution in [0.1, 0.15) is 40.4 Å². The van der Waals surface area contributed by atoms with Gasteiger partial charge in [0.05, 0.1) is 23.8 Å². The summed E-state index contributed by atoms with van der Waals surface area (Å²) in [6.45, 7) is 1.90. The predicted octanol–water partition coefficient (Wildman–Crippen LogP) is 4.77. The monoisotopic (exact) mass is 663 g/mol. The zero-order chi connectivity index (χ0) is 35.1. The first kappa shape index (κ1) is 34.5. The van der Waals surface area contributed by atoms with Crippen molar-refractivity contribution in [3.05, 3.63) is 142 Å². The number of nitrogens with two attached hydrogens (primary N) is 1. The number of hydrogen-bond acceptors (Lipinski definition) is 8. The minimum Gasteiger partial charge on any atom is -0.399 e. The first-order valence-corrected chi connectivity index (χ1v) is 15.7. The van der Waals surface area contributed by atoms with E-state index >= 15 is 0 Å². The molecule has 0 radical (unpaired) electrons. The van der Waals surface area contributed by atoms with Gasteiger partial charge in [0.25, 0.3) is 17.5 Å². The van der Waals surface area contributed by atoms with E-state index in [1.165, 1.54) is 28.0 Å². The third kappa shape index (κ3) is 7.67. The van der Waals surface area contributed by atoms with Gasteiger partial charge < -0.3 is 31.1 Å². The van der Waals surface area contributed by atoms with E-state index in [1.54, 1.807) is 67.6 Å². The molecule has 12 heteroatoms. The number of nitrogens with one attached hydrogen (secondary N) is 1. The van der Waals surface area contributed by atoms with Crippen LogP contribution in [-0.2, 0) is 28.3 Å². The van der Waals surface area contributed by atoms with Gasteiger partial charge >= 0.3 is 0 Å². The molecule has 1 aliphatic rings. The van der Waals surface area contributed by atoms with E-state index in [1.807, 2.05) is 30.3 Å². The largest absolute Gasteiger partial charge is 0.399 e. The Morgan fingerprint density at radius 3 is 2.37 bits per heavy atom. The molecule has 4 aromatic carbocycles. The molecule has 0 unspecified atom stereocenters. The van der Waals surface area contributed by atoms with Gasteiger partial charge in [-0.25, -0.2) is 0 Å². The van der Waals surface area contributed by atoms with E-state index in [-0.39, 0.29) is 49.2 Å². The number of aliphatic hydroxyl groups is 2. The van der Waals surface area contributed by atoms with Gasteiger partial charge in [0.15, 0.2) is 5.60 Å². The molecular weight excluding hydrogens is 626 g/mol. The summed E-state index contributed by atoms with van der Waals surface area (Å²) in [5.74, 6) is -2.11. The van der Waals surface area contributed by atoms with Gasteiger partial charge in [-0.2, -0.15) is 0 Å². The Kier molecular flexibility index (Phi) is 10.5. The zero-order valence-corrected chi connectivity index (χ0v) is 26.9. The Morgan fingerprint density at radius 1 is 1.02 bits per heavy atom. The summed E-state index contributed by atoms with van der Waals surface area (Å²) in [5.41, 5.74) is 6.79. The van der Waals surface area contributed by atoms with Crippen molar-refractivity contribution in [2.24, 2.45) is 5.92 Å². The number of anilines is 3. The van der Waals surface area contributed by atoms with Gasteiger partial charge in [0, 0.05) is 60.1 Å². The van der Waals surface area contributed by atoms with Crippen LogP contribution in [-0.4, -0.2) is 50.9 Å². The Labute approximate surface area is 283 Å². The molecule has 0 aliphatic carbocycles. The number of amides is 3. The fraction of sp³-hybridized carbons (Fsp3) is 0.216. The fourth-order valence-corrected chi connectivity index (χ4v) is 5.78. The lowest BCUT2D eigenvalue weighted by Gasteiger charge is -2.28. The van der Waals surface area contributed by atoms with Crippen molar-refractivity contribution in [1.82, 2.24) is 4.90 Å². The Bertz CT molecular complexity index is 1860. The van der Waals surface area contributed by atoms with Gasteiger partial charge in [-0.3, -0.25) is 24.5 Å². The van der Waals surface area contributed by atoms with Gasteiger partial charge in [-0.1, -0.05) is 61.5 Å². The normalized spacial score (nSPS) is 16.0. The summed E-state index contributed by atoms with van der Waals surface area (Å²) in [4.78, 5) is 53.6. The highest BCUT2D eigenvalue weighted by molar-refractivity contribution is 6.07. The summed E-state index contributed by atoms with van der Waals surface area (Å²) in [7, 11) is 0. The lowest BCUT2D eigenvalue weighted by atomic mass is 9.82. The van der Waals surface area contributed by atoms with Crippen molar-refractivity contribution in [1.29, 1.82) is 0 Å². The van der Waals surface area contributed by atoms with E-state index in [0.29, 0.717) is 34.7 Å². The number of nitrogens with zero attached hydrogens (tertiary/aromatic N) is 3. The quantitative estimate of drug-likeness (QED) is 0.0684. The Balaban J connectivity index is 1.33. The third-order valence-corrected chi connectivity index (χ3v) is 8.50. The highest BCUT2D eigenvalue weighted by Crippen LogP contribution is 2.47. The number of carbonyl (C=O) groups is 3. The maximum absolute atomic E-state index is 14.0. The summed E-state index contributed by atoms with van der Waals surface area (Å²) in [5, 5.41) is 36.0. The third-order valence-electron chi connectivity index (χ3n) is 8.50. The second-order valence-electron chi connectivity index (χ2n) is 11.8. The molecule has 49 heavy (non-hydrogen) atoms. The maximum atomic E-state index is 14.0. The second kappa shape index (κ2) is 14.9. The standard InChI is InChI=1S/C37H37N5O7/c1-25(6-5-9-34(44)40(20-21-43)23-26-7-3-2-4-8-26)37(47)32-22-31(42(48)49)18-19-33(32)41(36(37)46)24-27-10-16-30(17-11-27)39-35(45)28-12-14-29(38)15-13-28/h2-8,10-19,22,25,43,47H,9,20-21,23-24,38H2,1H3,(H,39,45)/b6-5+/t25-,37+/m1/s1. The summed E-state index contributed by atoms with van der Waals surface area (Å²) < 4.78 is 0. The van der Waals surface area contributed by atoms with Gasteiger partial charge in [-0.15, -0.1) is 0 Å². The number of rotatable bonds is 13. The van der Waals surface area contributed by atoms with Crippen LogP contribution >= 0.6 is 0 Å². The molecule has 12 nitrogen and oxygen atoms in total. The van der Waals surface area contributed by atoms with Crippen molar-refractivity contribution in [2.75, 3.05) is 29.1 Å². The van der Waals surface area contributed by atoms with E-state index in [2.05, 4.69) is 5.32 Å². The first-order valence-electron chi connectivity index (χ1n) is 15.7. The second-order valence-corrected chi connectivity index (χ2v) is 11.8. The van der Waals surface area contributed by atoms with Crippen LogP contribution < -0.4 is 16.0 Å². The number of benzene rings is 4. The number of aliphatic hydroxyl groups excluding tert-OH is 1. The van der Waals surface area contributed by atoms with Gasteiger partial charge in [-0.05, 0) is 53.6 Å². The van der Waals surface area contributed by atoms with Crippen LogP contribution in [0.2, 0.25) is 0 Å². The molecule has 0 bridgehead atoms. The highest BCUT2D eigenvalue weighted by Gasteiger charge is 2.53. The predicted molar refractivity (Wildman–Crippen MR) is 185 cm³/mol. The number of nitrogen functional groups attached to an aromatic ring is 1. The topological polar surface area (TPSA) is 179 Å². The molecule has 0 spiro atoms. The summed E-state index contributed by atoms with van der Waals surface area (Å²) in [6, 6.07) is 26.6. The van der Waals surface area contributed by atoms with Crippen molar-refractivity contribution < 1.29 is 29.5 Å². The van der Waals surface area contributed by atoms with Crippen LogP contribution in [0.5, 0.6) is 0 Å². The Hall–Kier alpha value is -5.85. The van der Waals surface area contributed by atoms with Crippen molar-refractivity contribution >= 4 is 40.5 Å². The molecule has 5 N–H and O–H groups in total. The van der Waals surface area contributed by atoms with Crippen LogP contribution in [0, 0.1) is 16.0 Å². The highest BCUT2D eigenvalue weighted by atomic mass is 16.6. The zero-order valence-electron chi connectivity index (χ0n) is 26.9. The molecule has 5 rings (SSSR count). The molecule has 4 aromatic rings. The lowest BCUT2D eigenvalue weighted by molar-refractivity contribution is -0.385. The van der Waals surface area contributed by atoms with Crippen LogP contribution in [0.3, 0.4) is 0 Å². The molecule has 0 fully saturated rings. The molecule has 0 saturated carbocycles. The minimum atomic E-state index is -2.15. The van der Waals surface area contributed by atoms with Crippen molar-refractivity contribution in [3.63, 3.8) is 0 Å². The van der Waals surface area contributed by atoms with E-state index in [9.17, 15) is 34.7 Å². The average Bonchev–Trinajstić information content (AvgIpc) is 3.31. The number of fused-ring (bicyclic) bond motifs is 1. The first-order chi connectivity index (χ1) is 23.5. The SMILES string of the molecule is C[C@H](/C=C/CC(=O)N(CCO)Cc1ccccc1)[C@@]1(O)C(=O)N(Cc2ccc(NC(=O)c3ccc(N)cc3)cc2)c2ccc([N+](=O)[O-])cc21. The molecular formula is C37H37N5O7. The molecule has 0 saturated heterocycles. The number of carbonyl (C=O) groups excluding carboxylic acids is 3. The van der Waals surface area contributed by atoms with Gasteiger partial charge in [0.2, 0.25) is 5.91 Å². The van der Waals surface area contributed by atoms with E-state index < -0.39 is 22.3 Å². The fourth-order valence-electron chi connectivity index (χ4n) is 5.78. The molecule has 2 atom stereocenters. The molecule has 3 amide bonds. The molecule has 1 heterocycles. The number of hydrogen-bond donors (Lipinski definition) is 4. The summed E-state index contributed by atoms with van der Waals surface area (Å²) in [6.07, 6.45) is 3.07. The van der Waals surface area contributed by atoms with Crippen LogP contribution in [0.25, 0.3) is 0 Å². The summed E-state index contributed by atoms with van der Waals surface area (Å²) >= 11 is 0. The number of non-ortho nitro benzene ring substituents is 1. The van der Waals surface area contributed by atoms with E-state index in [4.69, 9.17) is 5.73 Å². The number of nitro groups is 1. The minimum absolute atomic E-state index is 0.0443. The van der Waals surface area contributed by atoms with Gasteiger partial charge in [0.1, 0.15) is 0 Å². The smallest absolute Gasteiger partial charge is 0.269 e. The maximum Gasteiger partial charge on any atom is 0.269 e. The molecule has 252 valence electrons. The van der Waals surface area contributed by atoms with E-state index in [0.717, 1.165) is 5.56 Å². The number of nitro benzene ring substituents is 1. The molecule has 1 aliphatic heterocycles. The average molecular weight is 664 g/mol. The Morgan fingerprint density at radius 2 is 1.71 bits per heavy atom. The van der Waals surface area contributed by atoms with Crippen molar-refractivity contribution in [2.45, 2.75) is 32.0 Å². The molecule has 0 aromatic heterocycles. The van der Waals surface area contributed by atoms with Crippen LogP contribution in [0.4, 0.5) is 22.7 Å². The van der Waals surface area contributed by atoms with Crippen molar-refractivity contribution in [3.8, 4) is 0 Å².